The van der Waals surface area contributed by atoms with Crippen LogP contribution in [0.3, 0.4) is 0 Å². The Morgan fingerprint density at radius 2 is 1.69 bits per heavy atom. The van der Waals surface area contributed by atoms with Crippen LogP contribution in [0, 0.1) is 6.92 Å². The lowest BCUT2D eigenvalue weighted by molar-refractivity contribution is -0.126. The maximum Gasteiger partial charge on any atom is 0.411 e. The van der Waals surface area contributed by atoms with E-state index in [1.807, 2.05) is 68.4 Å². The summed E-state index contributed by atoms with van der Waals surface area (Å²) in [6, 6.07) is 23.6. The molecule has 0 bridgehead atoms. The number of hydrogen-bond acceptors (Lipinski definition) is 4. The van der Waals surface area contributed by atoms with E-state index < -0.39 is 18.2 Å². The highest BCUT2D eigenvalue weighted by Gasteiger charge is 2.46. The Balaban J connectivity index is 1.55. The van der Waals surface area contributed by atoms with E-state index >= 15 is 0 Å². The van der Waals surface area contributed by atoms with E-state index in [4.69, 9.17) is 4.74 Å². The summed E-state index contributed by atoms with van der Waals surface area (Å²) in [4.78, 5) is 39.9. The Morgan fingerprint density at radius 3 is 2.40 bits per heavy atom. The number of likely N-dealkylation sites (N-methyl/N-ethyl adjacent to an activating group) is 1. The number of cyclic esters (lactones) is 1. The predicted octanol–water partition coefficient (Wildman–Crippen LogP) is 4.37. The number of rotatable bonds is 8. The van der Waals surface area contributed by atoms with Gasteiger partial charge in [-0.15, -0.1) is 0 Å². The van der Waals surface area contributed by atoms with E-state index in [0.29, 0.717) is 17.8 Å². The zero-order valence-corrected chi connectivity index (χ0v) is 19.9. The van der Waals surface area contributed by atoms with Gasteiger partial charge in [-0.1, -0.05) is 72.3 Å². The molecule has 2 atom stereocenters. The molecule has 0 saturated carbocycles. The van der Waals surface area contributed by atoms with Crippen molar-refractivity contribution in [2.24, 2.45) is 0 Å². The van der Waals surface area contributed by atoms with Gasteiger partial charge in [-0.2, -0.15) is 0 Å². The molecule has 0 spiro atoms. The third-order valence-corrected chi connectivity index (χ3v) is 5.88. The lowest BCUT2D eigenvalue weighted by Crippen LogP contribution is -2.46. The fraction of sp³-hybridized carbons (Fsp3) is 0.250. The first kappa shape index (κ1) is 24.0. The summed E-state index contributed by atoms with van der Waals surface area (Å²) >= 11 is 0. The fourth-order valence-electron chi connectivity index (χ4n) is 4.16. The minimum Gasteiger partial charge on any atom is -0.438 e. The van der Waals surface area contributed by atoms with Gasteiger partial charge in [0.25, 0.3) is 0 Å². The molecule has 1 fully saturated rings. The molecule has 0 radical (unpaired) electrons. The second-order valence-corrected chi connectivity index (χ2v) is 8.59. The van der Waals surface area contributed by atoms with Gasteiger partial charge in [0.2, 0.25) is 11.8 Å². The van der Waals surface area contributed by atoms with Crippen LogP contribution in [0.2, 0.25) is 0 Å². The van der Waals surface area contributed by atoms with Crippen LogP contribution in [0.4, 0.5) is 10.5 Å². The van der Waals surface area contributed by atoms with Gasteiger partial charge in [-0.05, 0) is 42.7 Å². The summed E-state index contributed by atoms with van der Waals surface area (Å²) in [7, 11) is 0. The molecular formula is C28H29N3O4. The van der Waals surface area contributed by atoms with Crippen molar-refractivity contribution in [3.63, 3.8) is 0 Å². The van der Waals surface area contributed by atoms with E-state index in [2.05, 4.69) is 10.6 Å². The third kappa shape index (κ3) is 5.87. The Labute approximate surface area is 205 Å². The number of amides is 3. The van der Waals surface area contributed by atoms with Crippen molar-refractivity contribution in [1.82, 2.24) is 10.2 Å². The Morgan fingerprint density at radius 1 is 0.943 bits per heavy atom. The molecule has 1 aliphatic rings. The number of hydrogen-bond donors (Lipinski definition) is 2. The van der Waals surface area contributed by atoms with Gasteiger partial charge in [-0.25, -0.2) is 4.79 Å². The van der Waals surface area contributed by atoms with Crippen LogP contribution >= 0.6 is 0 Å². The molecule has 0 aromatic heterocycles. The number of nitrogens with zero attached hydrogens (tertiary/aromatic N) is 1. The maximum absolute atomic E-state index is 13.0. The van der Waals surface area contributed by atoms with Gasteiger partial charge in [0.05, 0.1) is 13.0 Å². The molecule has 3 aromatic rings. The van der Waals surface area contributed by atoms with Crippen molar-refractivity contribution < 1.29 is 19.1 Å². The Bertz CT molecular complexity index is 1190. The van der Waals surface area contributed by atoms with Crippen LogP contribution in [0.5, 0.6) is 0 Å². The van der Waals surface area contributed by atoms with Crippen molar-refractivity contribution >= 4 is 23.6 Å². The van der Waals surface area contributed by atoms with Gasteiger partial charge in [0.1, 0.15) is 0 Å². The SMILES string of the molecule is CCNC(=O)[C@@H]1[C@@H](c2cccc(NC(=O)Cc3ccccc3)c2)OC(=O)N1Cc1ccc(C)cc1. The van der Waals surface area contributed by atoms with Crippen molar-refractivity contribution in [2.45, 2.75) is 39.0 Å². The van der Waals surface area contributed by atoms with E-state index in [9.17, 15) is 14.4 Å². The lowest BCUT2D eigenvalue weighted by atomic mass is 10.00. The molecule has 35 heavy (non-hydrogen) atoms. The number of ether oxygens (including phenoxy) is 1. The second-order valence-electron chi connectivity index (χ2n) is 8.59. The Hall–Kier alpha value is -4.13. The van der Waals surface area contributed by atoms with Crippen molar-refractivity contribution in [2.75, 3.05) is 11.9 Å². The highest BCUT2D eigenvalue weighted by Crippen LogP contribution is 2.35. The van der Waals surface area contributed by atoms with Gasteiger partial charge >= 0.3 is 6.09 Å². The van der Waals surface area contributed by atoms with E-state index in [1.54, 1.807) is 24.3 Å². The highest BCUT2D eigenvalue weighted by molar-refractivity contribution is 5.92. The first-order valence-electron chi connectivity index (χ1n) is 11.7. The summed E-state index contributed by atoms with van der Waals surface area (Å²) in [5, 5.41) is 5.72. The number of benzene rings is 3. The molecule has 2 N–H and O–H groups in total. The van der Waals surface area contributed by atoms with E-state index in [-0.39, 0.29) is 24.8 Å². The molecule has 3 aromatic carbocycles. The molecule has 7 nitrogen and oxygen atoms in total. The summed E-state index contributed by atoms with van der Waals surface area (Å²) in [5.41, 5.74) is 4.14. The number of anilines is 1. The zero-order valence-electron chi connectivity index (χ0n) is 19.9. The van der Waals surface area contributed by atoms with Crippen molar-refractivity contribution in [3.8, 4) is 0 Å². The first-order chi connectivity index (χ1) is 16.9. The summed E-state index contributed by atoms with van der Waals surface area (Å²) < 4.78 is 5.71. The molecule has 1 saturated heterocycles. The number of carbonyl (C=O) groups excluding carboxylic acids is 3. The third-order valence-electron chi connectivity index (χ3n) is 5.88. The van der Waals surface area contributed by atoms with Crippen LogP contribution in [0.15, 0.2) is 78.9 Å². The highest BCUT2D eigenvalue weighted by atomic mass is 16.6. The molecular weight excluding hydrogens is 442 g/mol. The molecule has 4 rings (SSSR count). The first-order valence-corrected chi connectivity index (χ1v) is 11.7. The lowest BCUT2D eigenvalue weighted by Gasteiger charge is -2.24. The van der Waals surface area contributed by atoms with E-state index in [0.717, 1.165) is 16.7 Å². The van der Waals surface area contributed by atoms with Gasteiger partial charge in [0, 0.05) is 12.2 Å². The van der Waals surface area contributed by atoms with E-state index in [1.165, 1.54) is 4.90 Å². The Kier molecular flexibility index (Phi) is 7.45. The van der Waals surface area contributed by atoms with Crippen molar-refractivity contribution in [3.05, 3.63) is 101 Å². The van der Waals surface area contributed by atoms with Crippen LogP contribution in [0.1, 0.15) is 35.3 Å². The van der Waals surface area contributed by atoms with Crippen LogP contribution < -0.4 is 10.6 Å². The molecule has 3 amide bonds. The number of carbonyl (C=O) groups is 3. The molecule has 180 valence electrons. The normalized spacial score (nSPS) is 17.1. The molecule has 0 unspecified atom stereocenters. The fourth-order valence-corrected chi connectivity index (χ4v) is 4.16. The summed E-state index contributed by atoms with van der Waals surface area (Å²) in [6.45, 7) is 4.51. The maximum atomic E-state index is 13.0. The minimum atomic E-state index is -0.834. The number of aryl methyl sites for hydroxylation is 1. The minimum absolute atomic E-state index is 0.155. The molecule has 0 aliphatic carbocycles. The smallest absolute Gasteiger partial charge is 0.411 e. The monoisotopic (exact) mass is 471 g/mol. The topological polar surface area (TPSA) is 87.7 Å². The standard InChI is InChI=1S/C28H29N3O4/c1-3-29-27(33)25-26(35-28(34)31(25)18-21-14-12-19(2)13-15-21)22-10-7-11-23(17-22)30-24(32)16-20-8-5-4-6-9-20/h4-15,17,25-26H,3,16,18H2,1-2H3,(H,29,33)(H,30,32)/t25-,26+/m0/s1. The number of nitrogens with one attached hydrogen (secondary N) is 2. The largest absolute Gasteiger partial charge is 0.438 e. The average molecular weight is 472 g/mol. The van der Waals surface area contributed by atoms with Gasteiger partial charge in [0.15, 0.2) is 12.1 Å². The van der Waals surface area contributed by atoms with Crippen molar-refractivity contribution in [1.29, 1.82) is 0 Å². The van der Waals surface area contributed by atoms with Gasteiger partial charge in [-0.3, -0.25) is 14.5 Å². The molecule has 7 heteroatoms. The summed E-state index contributed by atoms with van der Waals surface area (Å²) in [5.74, 6) is -0.438. The quantitative estimate of drug-likeness (QED) is 0.511. The second kappa shape index (κ2) is 10.9. The molecule has 1 aliphatic heterocycles. The summed E-state index contributed by atoms with van der Waals surface area (Å²) in [6.07, 6.45) is -1.11. The van der Waals surface area contributed by atoms with Crippen LogP contribution in [-0.4, -0.2) is 35.4 Å². The van der Waals surface area contributed by atoms with Crippen LogP contribution in [0.25, 0.3) is 0 Å². The van der Waals surface area contributed by atoms with Crippen LogP contribution in [-0.2, 0) is 27.3 Å². The predicted molar refractivity (Wildman–Crippen MR) is 134 cm³/mol. The zero-order chi connectivity index (χ0) is 24.8. The van der Waals surface area contributed by atoms with Gasteiger partial charge < -0.3 is 15.4 Å². The average Bonchev–Trinajstić information content (AvgIpc) is 3.17. The molecule has 1 heterocycles.